The molecule has 8 heteroatoms. The minimum atomic E-state index is -0.897. The third-order valence-corrected chi connectivity index (χ3v) is 6.76. The van der Waals surface area contributed by atoms with Crippen molar-refractivity contribution in [2.24, 2.45) is 5.92 Å². The lowest BCUT2D eigenvalue weighted by Crippen LogP contribution is -2.48. The minimum absolute atomic E-state index is 0.0190. The molecule has 36 heavy (non-hydrogen) atoms. The van der Waals surface area contributed by atoms with Crippen molar-refractivity contribution in [1.82, 2.24) is 15.4 Å². The highest BCUT2D eigenvalue weighted by atomic mass is 19.2. The molecule has 1 saturated heterocycles. The van der Waals surface area contributed by atoms with Crippen LogP contribution >= 0.6 is 0 Å². The van der Waals surface area contributed by atoms with E-state index < -0.39 is 23.6 Å². The molecule has 1 aliphatic rings. The maximum atomic E-state index is 14.1. The number of amides is 2. The first-order valence-electron chi connectivity index (χ1n) is 12.3. The molecule has 4 rings (SSSR count). The van der Waals surface area contributed by atoms with Gasteiger partial charge in [-0.05, 0) is 49.8 Å². The van der Waals surface area contributed by atoms with E-state index in [0.29, 0.717) is 30.0 Å². The SMILES string of the molecule is Cc1cc(C(C(=O)N2CCCC2C(=O)NC(C)c2ccc(-c3cccc(F)c3F)cc2)C(C)C)on1. The van der Waals surface area contributed by atoms with E-state index in [9.17, 15) is 18.4 Å². The second kappa shape index (κ2) is 10.6. The highest BCUT2D eigenvalue weighted by Crippen LogP contribution is 2.31. The molecular formula is C28H31F2N3O3. The van der Waals surface area contributed by atoms with Crippen molar-refractivity contribution in [3.8, 4) is 11.1 Å². The van der Waals surface area contributed by atoms with Crippen LogP contribution < -0.4 is 5.32 Å². The zero-order valence-corrected chi connectivity index (χ0v) is 20.9. The largest absolute Gasteiger partial charge is 0.360 e. The summed E-state index contributed by atoms with van der Waals surface area (Å²) >= 11 is 0. The van der Waals surface area contributed by atoms with E-state index in [-0.39, 0.29) is 29.3 Å². The van der Waals surface area contributed by atoms with Crippen LogP contribution in [0.3, 0.4) is 0 Å². The first-order chi connectivity index (χ1) is 17.2. The van der Waals surface area contributed by atoms with Gasteiger partial charge in [-0.2, -0.15) is 0 Å². The topological polar surface area (TPSA) is 75.4 Å². The summed E-state index contributed by atoms with van der Waals surface area (Å²) in [6.45, 7) is 8.07. The first kappa shape index (κ1) is 25.5. The average Bonchev–Trinajstić information content (AvgIpc) is 3.50. The van der Waals surface area contributed by atoms with Crippen molar-refractivity contribution < 1.29 is 22.9 Å². The van der Waals surface area contributed by atoms with Crippen molar-refractivity contribution in [2.75, 3.05) is 6.54 Å². The molecule has 0 aliphatic carbocycles. The van der Waals surface area contributed by atoms with E-state index in [1.165, 1.54) is 12.1 Å². The maximum Gasteiger partial charge on any atom is 0.243 e. The van der Waals surface area contributed by atoms with Crippen LogP contribution in [0.25, 0.3) is 11.1 Å². The van der Waals surface area contributed by atoms with Gasteiger partial charge in [0.15, 0.2) is 11.6 Å². The van der Waals surface area contributed by atoms with Gasteiger partial charge in [-0.3, -0.25) is 9.59 Å². The highest BCUT2D eigenvalue weighted by molar-refractivity contribution is 5.91. The number of hydrogen-bond acceptors (Lipinski definition) is 4. The number of nitrogens with zero attached hydrogens (tertiary/aromatic N) is 2. The maximum absolute atomic E-state index is 14.1. The summed E-state index contributed by atoms with van der Waals surface area (Å²) in [6, 6.07) is 11.9. The van der Waals surface area contributed by atoms with Crippen LogP contribution in [0.4, 0.5) is 8.78 Å². The van der Waals surface area contributed by atoms with E-state index >= 15 is 0 Å². The Morgan fingerprint density at radius 3 is 2.47 bits per heavy atom. The lowest BCUT2D eigenvalue weighted by atomic mass is 9.91. The first-order valence-corrected chi connectivity index (χ1v) is 12.3. The lowest BCUT2D eigenvalue weighted by molar-refractivity contribution is -0.141. The molecular weight excluding hydrogens is 464 g/mol. The summed E-state index contributed by atoms with van der Waals surface area (Å²) in [7, 11) is 0. The van der Waals surface area contributed by atoms with Gasteiger partial charge < -0.3 is 14.7 Å². The van der Waals surface area contributed by atoms with Crippen LogP contribution in [-0.2, 0) is 9.59 Å². The third-order valence-electron chi connectivity index (χ3n) is 6.76. The predicted molar refractivity (Wildman–Crippen MR) is 132 cm³/mol. The molecule has 0 bridgehead atoms. The number of aromatic nitrogens is 1. The van der Waals surface area contributed by atoms with Gasteiger partial charge in [0.25, 0.3) is 0 Å². The molecule has 6 nitrogen and oxygen atoms in total. The number of benzene rings is 2. The third kappa shape index (κ3) is 5.17. The summed E-state index contributed by atoms with van der Waals surface area (Å²) in [5.41, 5.74) is 2.25. The fourth-order valence-corrected chi connectivity index (χ4v) is 4.82. The number of nitrogens with one attached hydrogen (secondary N) is 1. The smallest absolute Gasteiger partial charge is 0.243 e. The zero-order chi connectivity index (χ0) is 26.0. The lowest BCUT2D eigenvalue weighted by Gasteiger charge is -2.29. The predicted octanol–water partition coefficient (Wildman–Crippen LogP) is 5.54. The Labute approximate surface area is 209 Å². The summed E-state index contributed by atoms with van der Waals surface area (Å²) in [5, 5.41) is 6.94. The van der Waals surface area contributed by atoms with Crippen molar-refractivity contribution in [3.05, 3.63) is 77.2 Å². The van der Waals surface area contributed by atoms with Gasteiger partial charge >= 0.3 is 0 Å². The van der Waals surface area contributed by atoms with Gasteiger partial charge in [0.1, 0.15) is 17.7 Å². The van der Waals surface area contributed by atoms with E-state index in [4.69, 9.17) is 4.52 Å². The van der Waals surface area contributed by atoms with Crippen molar-refractivity contribution in [3.63, 3.8) is 0 Å². The Kier molecular flexibility index (Phi) is 7.52. The summed E-state index contributed by atoms with van der Waals surface area (Å²) in [4.78, 5) is 28.4. The zero-order valence-electron chi connectivity index (χ0n) is 20.9. The van der Waals surface area contributed by atoms with Gasteiger partial charge in [0.05, 0.1) is 11.7 Å². The fraction of sp³-hybridized carbons (Fsp3) is 0.393. The number of carbonyl (C=O) groups is 2. The molecule has 1 fully saturated rings. The van der Waals surface area contributed by atoms with Crippen molar-refractivity contribution >= 4 is 11.8 Å². The molecule has 0 radical (unpaired) electrons. The van der Waals surface area contributed by atoms with E-state index in [0.717, 1.165) is 18.1 Å². The number of carbonyl (C=O) groups excluding carboxylic acids is 2. The van der Waals surface area contributed by atoms with Gasteiger partial charge in [0, 0.05) is 18.2 Å². The molecule has 3 unspecified atom stereocenters. The van der Waals surface area contributed by atoms with Crippen LogP contribution in [0, 0.1) is 24.5 Å². The molecule has 2 aromatic carbocycles. The molecule has 1 N–H and O–H groups in total. The Bertz CT molecular complexity index is 1240. The standard InChI is InChI=1S/C28H31F2N3O3/c1-16(2)25(24-15-17(3)32-36-24)28(35)33-14-6-9-23(33)27(34)31-18(4)19-10-12-20(13-11-19)21-7-5-8-22(29)26(21)30/h5,7-8,10-13,15-16,18,23,25H,6,9,14H2,1-4H3,(H,31,34). The molecule has 1 aliphatic heterocycles. The Morgan fingerprint density at radius 1 is 1.11 bits per heavy atom. The number of hydrogen-bond donors (Lipinski definition) is 1. The summed E-state index contributed by atoms with van der Waals surface area (Å²) < 4.78 is 33.1. The number of aryl methyl sites for hydroxylation is 1. The van der Waals surface area contributed by atoms with Crippen LogP contribution in [0.1, 0.15) is 62.6 Å². The van der Waals surface area contributed by atoms with Crippen molar-refractivity contribution in [2.45, 2.75) is 58.5 Å². The van der Waals surface area contributed by atoms with Crippen LogP contribution in [-0.4, -0.2) is 34.5 Å². The molecule has 0 saturated carbocycles. The molecule has 2 heterocycles. The fourth-order valence-electron chi connectivity index (χ4n) is 4.82. The van der Waals surface area contributed by atoms with Crippen LogP contribution in [0.5, 0.6) is 0 Å². The summed E-state index contributed by atoms with van der Waals surface area (Å²) in [6.07, 6.45) is 1.33. The van der Waals surface area contributed by atoms with Gasteiger partial charge in [-0.15, -0.1) is 0 Å². The molecule has 3 atom stereocenters. The molecule has 0 spiro atoms. The minimum Gasteiger partial charge on any atom is -0.360 e. The van der Waals surface area contributed by atoms with Gasteiger partial charge in [0.2, 0.25) is 11.8 Å². The monoisotopic (exact) mass is 495 g/mol. The Balaban J connectivity index is 1.45. The Hall–Kier alpha value is -3.55. The van der Waals surface area contributed by atoms with Crippen molar-refractivity contribution in [1.29, 1.82) is 0 Å². The molecule has 1 aromatic heterocycles. The van der Waals surface area contributed by atoms with Gasteiger partial charge in [-0.1, -0.05) is 55.4 Å². The average molecular weight is 496 g/mol. The second-order valence-corrected chi connectivity index (χ2v) is 9.74. The number of halogens is 2. The van der Waals surface area contributed by atoms with Crippen LogP contribution in [0.2, 0.25) is 0 Å². The summed E-state index contributed by atoms with van der Waals surface area (Å²) in [5.74, 6) is -2.15. The molecule has 2 amide bonds. The second-order valence-electron chi connectivity index (χ2n) is 9.74. The van der Waals surface area contributed by atoms with E-state index in [1.807, 2.05) is 27.7 Å². The Morgan fingerprint density at radius 2 is 1.83 bits per heavy atom. The van der Waals surface area contributed by atoms with Crippen LogP contribution in [0.15, 0.2) is 53.1 Å². The highest BCUT2D eigenvalue weighted by Gasteiger charge is 2.40. The number of likely N-dealkylation sites (tertiary alicyclic amines) is 1. The van der Waals surface area contributed by atoms with Gasteiger partial charge in [-0.25, -0.2) is 8.78 Å². The van der Waals surface area contributed by atoms with E-state index in [2.05, 4.69) is 10.5 Å². The quantitative estimate of drug-likeness (QED) is 0.467. The molecule has 3 aromatic rings. The van der Waals surface area contributed by atoms with E-state index in [1.54, 1.807) is 35.2 Å². The molecule has 190 valence electrons. The normalized spacial score (nSPS) is 17.3. The number of rotatable bonds is 7.